The Morgan fingerprint density at radius 2 is 1.67 bits per heavy atom. The lowest BCUT2D eigenvalue weighted by Gasteiger charge is -2.04. The predicted molar refractivity (Wildman–Crippen MR) is 113 cm³/mol. The predicted octanol–water partition coefficient (Wildman–Crippen LogP) is 5.83. The molecule has 0 aliphatic heterocycles. The molecule has 1 amide bonds. The van der Waals surface area contributed by atoms with Crippen LogP contribution in [0.2, 0.25) is 0 Å². The first kappa shape index (κ1) is 16.1. The first-order valence-electron chi connectivity index (χ1n) is 8.37. The van der Waals surface area contributed by atoms with Crippen molar-refractivity contribution < 1.29 is 4.79 Å². The van der Waals surface area contributed by atoms with Gasteiger partial charge in [-0.3, -0.25) is 10.1 Å². The molecule has 4 nitrogen and oxygen atoms in total. The van der Waals surface area contributed by atoms with Crippen LogP contribution >= 0.6 is 22.7 Å². The molecule has 3 aromatic carbocycles. The van der Waals surface area contributed by atoms with Gasteiger partial charge in [-0.1, -0.05) is 53.8 Å². The summed E-state index contributed by atoms with van der Waals surface area (Å²) in [5.74, 6) is -0.164. The van der Waals surface area contributed by atoms with Crippen molar-refractivity contribution in [3.8, 4) is 11.1 Å². The van der Waals surface area contributed by atoms with Gasteiger partial charge in [0.15, 0.2) is 5.13 Å². The van der Waals surface area contributed by atoms with Gasteiger partial charge in [-0.15, -0.1) is 11.3 Å². The van der Waals surface area contributed by atoms with Gasteiger partial charge in [0.1, 0.15) is 5.52 Å². The molecule has 0 aliphatic carbocycles. The lowest BCUT2D eigenvalue weighted by Crippen LogP contribution is -2.11. The zero-order valence-corrected chi connectivity index (χ0v) is 15.7. The number of benzene rings is 3. The van der Waals surface area contributed by atoms with Crippen molar-refractivity contribution in [2.24, 2.45) is 0 Å². The van der Waals surface area contributed by atoms with Crippen LogP contribution in [0.1, 0.15) is 10.4 Å². The average Bonchev–Trinajstić information content (AvgIpc) is 3.34. The molecular formula is C21H13N3OS2. The van der Waals surface area contributed by atoms with Crippen LogP contribution in [-0.2, 0) is 0 Å². The molecule has 0 radical (unpaired) electrons. The van der Waals surface area contributed by atoms with Crippen LogP contribution in [0.15, 0.2) is 72.2 Å². The van der Waals surface area contributed by atoms with Gasteiger partial charge in [0, 0.05) is 5.56 Å². The van der Waals surface area contributed by atoms with Gasteiger partial charge >= 0.3 is 0 Å². The molecule has 130 valence electrons. The fraction of sp³-hybridized carbons (Fsp3) is 0. The van der Waals surface area contributed by atoms with E-state index in [1.54, 1.807) is 11.3 Å². The van der Waals surface area contributed by atoms with E-state index in [0.29, 0.717) is 10.7 Å². The van der Waals surface area contributed by atoms with Crippen molar-refractivity contribution >= 4 is 54.1 Å². The van der Waals surface area contributed by atoms with E-state index < -0.39 is 0 Å². The van der Waals surface area contributed by atoms with Gasteiger partial charge in [-0.05, 0) is 35.4 Å². The lowest BCUT2D eigenvalue weighted by molar-refractivity contribution is 0.102. The normalized spacial score (nSPS) is 11.1. The van der Waals surface area contributed by atoms with E-state index in [-0.39, 0.29) is 5.91 Å². The summed E-state index contributed by atoms with van der Waals surface area (Å²) in [5.41, 5.74) is 6.45. The Balaban J connectivity index is 1.40. The minimum atomic E-state index is -0.164. The number of hydrogen-bond donors (Lipinski definition) is 1. The van der Waals surface area contributed by atoms with Gasteiger partial charge in [0.2, 0.25) is 0 Å². The maximum Gasteiger partial charge on any atom is 0.257 e. The summed E-state index contributed by atoms with van der Waals surface area (Å²) in [5, 5.41) is 3.49. The number of nitrogens with zero attached hydrogens (tertiary/aromatic N) is 2. The zero-order valence-electron chi connectivity index (χ0n) is 14.0. The molecule has 1 N–H and O–H groups in total. The van der Waals surface area contributed by atoms with E-state index in [0.717, 1.165) is 31.6 Å². The number of fused-ring (bicyclic) bond motifs is 3. The van der Waals surface area contributed by atoms with Crippen LogP contribution in [0, 0.1) is 0 Å². The molecule has 0 atom stereocenters. The van der Waals surface area contributed by atoms with Crippen molar-refractivity contribution in [1.82, 2.24) is 9.97 Å². The first-order valence-corrected chi connectivity index (χ1v) is 10.1. The van der Waals surface area contributed by atoms with Crippen LogP contribution < -0.4 is 5.32 Å². The second-order valence-electron chi connectivity index (χ2n) is 6.03. The van der Waals surface area contributed by atoms with Crippen LogP contribution in [0.4, 0.5) is 5.13 Å². The highest BCUT2D eigenvalue weighted by molar-refractivity contribution is 7.24. The summed E-state index contributed by atoms with van der Waals surface area (Å²) in [6, 6.07) is 21.7. The molecule has 27 heavy (non-hydrogen) atoms. The number of carbonyl (C=O) groups is 1. The molecule has 0 bridgehead atoms. The topological polar surface area (TPSA) is 54.9 Å². The molecule has 0 fully saturated rings. The molecule has 2 aromatic heterocycles. The monoisotopic (exact) mass is 387 g/mol. The molecule has 2 heterocycles. The summed E-state index contributed by atoms with van der Waals surface area (Å²) in [6.45, 7) is 0. The van der Waals surface area contributed by atoms with Crippen LogP contribution in [0.5, 0.6) is 0 Å². The van der Waals surface area contributed by atoms with E-state index in [1.165, 1.54) is 11.3 Å². The molecule has 0 saturated carbocycles. The lowest BCUT2D eigenvalue weighted by atomic mass is 10.0. The number of aromatic nitrogens is 2. The Bertz CT molecular complexity index is 1260. The summed E-state index contributed by atoms with van der Waals surface area (Å²) in [6.07, 6.45) is 0. The Hall–Kier alpha value is -3.09. The van der Waals surface area contributed by atoms with Gasteiger partial charge in [0.25, 0.3) is 5.91 Å². The molecule has 0 unspecified atom stereocenters. The van der Waals surface area contributed by atoms with Crippen LogP contribution in [-0.4, -0.2) is 15.9 Å². The standard InChI is InChI=1S/C21H13N3OS2/c25-20(15-8-6-14(7-9-15)13-4-2-1-3-5-13)24-21-23-16-10-11-17-18(19(16)27-21)22-12-26-17/h1-12H,(H,23,24,25). The van der Waals surface area contributed by atoms with E-state index in [2.05, 4.69) is 27.4 Å². The smallest absolute Gasteiger partial charge is 0.257 e. The summed E-state index contributed by atoms with van der Waals surface area (Å²) >= 11 is 3.06. The van der Waals surface area contributed by atoms with E-state index in [9.17, 15) is 4.79 Å². The minimum Gasteiger partial charge on any atom is -0.298 e. The van der Waals surface area contributed by atoms with Gasteiger partial charge < -0.3 is 0 Å². The second kappa shape index (κ2) is 6.57. The van der Waals surface area contributed by atoms with Crippen molar-refractivity contribution in [2.45, 2.75) is 0 Å². The molecular weight excluding hydrogens is 374 g/mol. The maximum atomic E-state index is 12.6. The number of anilines is 1. The number of rotatable bonds is 3. The zero-order chi connectivity index (χ0) is 18.2. The van der Waals surface area contributed by atoms with Crippen molar-refractivity contribution in [1.29, 1.82) is 0 Å². The van der Waals surface area contributed by atoms with E-state index >= 15 is 0 Å². The minimum absolute atomic E-state index is 0.164. The second-order valence-corrected chi connectivity index (χ2v) is 7.91. The Labute approximate surface area is 163 Å². The van der Waals surface area contributed by atoms with Gasteiger partial charge in [0.05, 0.1) is 20.4 Å². The van der Waals surface area contributed by atoms with Crippen molar-refractivity contribution in [3.63, 3.8) is 0 Å². The summed E-state index contributed by atoms with van der Waals surface area (Å²) < 4.78 is 2.13. The quantitative estimate of drug-likeness (QED) is 0.424. The third-order valence-corrected chi connectivity index (χ3v) is 6.12. The van der Waals surface area contributed by atoms with Gasteiger partial charge in [-0.2, -0.15) is 0 Å². The molecule has 5 rings (SSSR count). The largest absolute Gasteiger partial charge is 0.298 e. The third kappa shape index (κ3) is 2.99. The highest BCUT2D eigenvalue weighted by Gasteiger charge is 2.13. The van der Waals surface area contributed by atoms with Crippen molar-refractivity contribution in [2.75, 3.05) is 5.32 Å². The third-order valence-electron chi connectivity index (χ3n) is 4.33. The van der Waals surface area contributed by atoms with Crippen molar-refractivity contribution in [3.05, 3.63) is 77.8 Å². The molecule has 6 heteroatoms. The number of nitrogens with one attached hydrogen (secondary N) is 1. The summed E-state index contributed by atoms with van der Waals surface area (Å²) in [7, 11) is 0. The summed E-state index contributed by atoms with van der Waals surface area (Å²) in [4.78, 5) is 21.5. The Kier molecular flexibility index (Phi) is 3.92. The number of hydrogen-bond acceptors (Lipinski definition) is 5. The van der Waals surface area contributed by atoms with Crippen LogP contribution in [0.25, 0.3) is 31.6 Å². The van der Waals surface area contributed by atoms with E-state index in [1.807, 2.05) is 60.1 Å². The average molecular weight is 387 g/mol. The van der Waals surface area contributed by atoms with Gasteiger partial charge in [-0.25, -0.2) is 9.97 Å². The Morgan fingerprint density at radius 1 is 0.889 bits per heavy atom. The number of amides is 1. The fourth-order valence-electron chi connectivity index (χ4n) is 2.98. The Morgan fingerprint density at radius 3 is 2.48 bits per heavy atom. The highest BCUT2D eigenvalue weighted by Crippen LogP contribution is 2.33. The molecule has 0 saturated heterocycles. The molecule has 0 aliphatic rings. The van der Waals surface area contributed by atoms with Crippen LogP contribution in [0.3, 0.4) is 0 Å². The highest BCUT2D eigenvalue weighted by atomic mass is 32.1. The van der Waals surface area contributed by atoms with E-state index in [4.69, 9.17) is 0 Å². The number of thiazole rings is 2. The maximum absolute atomic E-state index is 12.6. The molecule has 0 spiro atoms. The first-order chi connectivity index (χ1) is 13.3. The number of carbonyl (C=O) groups excluding carboxylic acids is 1. The SMILES string of the molecule is O=C(Nc1nc2ccc3scnc3c2s1)c1ccc(-c2ccccc2)cc1. The fourth-order valence-corrected chi connectivity index (χ4v) is 4.69. The molecule has 5 aromatic rings.